The monoisotopic (exact) mass is 337 g/mol. The van der Waals surface area contributed by atoms with Crippen LogP contribution >= 0.6 is 0 Å². The molecular formula is C18H12FN3O3. The molecule has 3 N–H and O–H groups in total. The van der Waals surface area contributed by atoms with E-state index in [-0.39, 0.29) is 17.3 Å². The number of benzene rings is 2. The number of nitrogens with one attached hydrogen (secondary N) is 3. The molecule has 25 heavy (non-hydrogen) atoms. The molecule has 2 heterocycles. The first-order valence-corrected chi connectivity index (χ1v) is 7.48. The van der Waals surface area contributed by atoms with Crippen molar-refractivity contribution >= 4 is 22.6 Å². The van der Waals surface area contributed by atoms with E-state index >= 15 is 0 Å². The summed E-state index contributed by atoms with van der Waals surface area (Å²) in [6.07, 6.45) is 0. The third-order valence-corrected chi connectivity index (χ3v) is 3.73. The molecule has 0 aliphatic carbocycles. The van der Waals surface area contributed by atoms with Gasteiger partial charge in [-0.2, -0.15) is 0 Å². The van der Waals surface area contributed by atoms with Crippen LogP contribution in [0.15, 0.2) is 63.8 Å². The molecule has 0 aliphatic rings. The molecule has 7 heteroatoms. The molecule has 0 atom stereocenters. The fourth-order valence-electron chi connectivity index (χ4n) is 2.53. The van der Waals surface area contributed by atoms with E-state index in [2.05, 4.69) is 15.3 Å². The van der Waals surface area contributed by atoms with Crippen LogP contribution in [0.2, 0.25) is 0 Å². The van der Waals surface area contributed by atoms with Gasteiger partial charge in [-0.3, -0.25) is 4.79 Å². The fourth-order valence-corrected chi connectivity index (χ4v) is 2.53. The van der Waals surface area contributed by atoms with Crippen molar-refractivity contribution in [1.82, 2.24) is 9.97 Å². The Morgan fingerprint density at radius 1 is 0.960 bits per heavy atom. The molecule has 0 unspecified atom stereocenters. The van der Waals surface area contributed by atoms with E-state index < -0.39 is 5.91 Å². The van der Waals surface area contributed by atoms with E-state index in [9.17, 15) is 14.0 Å². The number of aromatic nitrogens is 2. The van der Waals surface area contributed by atoms with Gasteiger partial charge in [0.15, 0.2) is 5.76 Å². The molecule has 6 nitrogen and oxygen atoms in total. The maximum absolute atomic E-state index is 13.0. The first kappa shape index (κ1) is 14.9. The molecule has 0 fully saturated rings. The van der Waals surface area contributed by atoms with E-state index in [0.29, 0.717) is 28.0 Å². The van der Waals surface area contributed by atoms with Crippen LogP contribution in [-0.2, 0) is 0 Å². The number of rotatable bonds is 3. The number of H-pyrrole nitrogens is 2. The molecular weight excluding hydrogens is 325 g/mol. The molecule has 4 aromatic rings. The van der Waals surface area contributed by atoms with E-state index in [0.717, 1.165) is 0 Å². The van der Waals surface area contributed by atoms with Crippen molar-refractivity contribution in [2.24, 2.45) is 0 Å². The maximum Gasteiger partial charge on any atom is 0.323 e. The van der Waals surface area contributed by atoms with Gasteiger partial charge in [0.25, 0.3) is 5.91 Å². The molecule has 4 rings (SSSR count). The normalized spacial score (nSPS) is 10.9. The summed E-state index contributed by atoms with van der Waals surface area (Å²) in [5.74, 6) is -0.172. The summed E-state index contributed by atoms with van der Waals surface area (Å²) in [6, 6.07) is 14.0. The van der Waals surface area contributed by atoms with Gasteiger partial charge in [0.2, 0.25) is 0 Å². The van der Waals surface area contributed by atoms with Crippen molar-refractivity contribution in [2.75, 3.05) is 5.32 Å². The smallest absolute Gasteiger partial charge is 0.323 e. The van der Waals surface area contributed by atoms with Crippen LogP contribution in [0.3, 0.4) is 0 Å². The summed E-state index contributed by atoms with van der Waals surface area (Å²) < 4.78 is 18.5. The van der Waals surface area contributed by atoms with Crippen LogP contribution in [-0.4, -0.2) is 15.9 Å². The van der Waals surface area contributed by atoms with Gasteiger partial charge in [-0.25, -0.2) is 9.18 Å². The van der Waals surface area contributed by atoms with Crippen LogP contribution in [0.5, 0.6) is 0 Å². The van der Waals surface area contributed by atoms with E-state index in [1.54, 1.807) is 42.5 Å². The molecule has 0 spiro atoms. The Bertz CT molecular complexity index is 1120. The summed E-state index contributed by atoms with van der Waals surface area (Å²) in [6.45, 7) is 0. The van der Waals surface area contributed by atoms with Gasteiger partial charge in [0.05, 0.1) is 11.0 Å². The zero-order valence-electron chi connectivity index (χ0n) is 12.8. The number of imidazole rings is 1. The molecule has 124 valence electrons. The minimum Gasteiger partial charge on any atom is -0.451 e. The van der Waals surface area contributed by atoms with Crippen molar-refractivity contribution < 1.29 is 13.6 Å². The number of aromatic amines is 2. The molecule has 2 aromatic heterocycles. The predicted molar refractivity (Wildman–Crippen MR) is 91.0 cm³/mol. The Balaban J connectivity index is 1.56. The minimum atomic E-state index is -0.425. The van der Waals surface area contributed by atoms with Crippen molar-refractivity contribution in [3.8, 4) is 11.3 Å². The van der Waals surface area contributed by atoms with Crippen LogP contribution in [0.25, 0.3) is 22.4 Å². The Morgan fingerprint density at radius 2 is 1.72 bits per heavy atom. The number of anilines is 1. The summed E-state index contributed by atoms with van der Waals surface area (Å²) in [5, 5.41) is 2.70. The molecule has 0 saturated heterocycles. The summed E-state index contributed by atoms with van der Waals surface area (Å²) >= 11 is 0. The number of furan rings is 1. The summed E-state index contributed by atoms with van der Waals surface area (Å²) in [4.78, 5) is 28.8. The number of carbonyl (C=O) groups excluding carboxylic acids is 1. The Kier molecular flexibility index (Phi) is 3.46. The van der Waals surface area contributed by atoms with Crippen LogP contribution < -0.4 is 11.0 Å². The molecule has 0 bridgehead atoms. The lowest BCUT2D eigenvalue weighted by molar-refractivity contribution is 0.0997. The first-order valence-electron chi connectivity index (χ1n) is 7.48. The highest BCUT2D eigenvalue weighted by atomic mass is 19.1. The number of hydrogen-bond donors (Lipinski definition) is 3. The Labute approximate surface area is 140 Å². The lowest BCUT2D eigenvalue weighted by atomic mass is 10.2. The van der Waals surface area contributed by atoms with Crippen molar-refractivity contribution in [3.05, 3.63) is 76.7 Å². The largest absolute Gasteiger partial charge is 0.451 e. The van der Waals surface area contributed by atoms with Gasteiger partial charge in [-0.1, -0.05) is 0 Å². The predicted octanol–water partition coefficient (Wildman–Crippen LogP) is 3.51. The van der Waals surface area contributed by atoms with Gasteiger partial charge in [-0.05, 0) is 54.6 Å². The Hall–Kier alpha value is -3.61. The number of halogens is 1. The van der Waals surface area contributed by atoms with Gasteiger partial charge < -0.3 is 19.7 Å². The minimum absolute atomic E-state index is 0.127. The lowest BCUT2D eigenvalue weighted by Crippen LogP contribution is -2.10. The van der Waals surface area contributed by atoms with Gasteiger partial charge in [-0.15, -0.1) is 0 Å². The Morgan fingerprint density at radius 3 is 2.52 bits per heavy atom. The van der Waals surface area contributed by atoms with Crippen molar-refractivity contribution in [2.45, 2.75) is 0 Å². The molecule has 0 saturated carbocycles. The third kappa shape index (κ3) is 2.94. The molecule has 2 aromatic carbocycles. The number of carbonyl (C=O) groups is 1. The zero-order valence-corrected chi connectivity index (χ0v) is 12.8. The zero-order chi connectivity index (χ0) is 17.4. The van der Waals surface area contributed by atoms with Gasteiger partial charge in [0, 0.05) is 11.3 Å². The van der Waals surface area contributed by atoms with E-state index in [1.807, 2.05) is 0 Å². The SMILES string of the molecule is O=C(Nc1ccc2[nH]c(=O)[nH]c2c1)c1ccc(-c2ccc(F)cc2)o1. The van der Waals surface area contributed by atoms with Crippen LogP contribution in [0, 0.1) is 5.82 Å². The average molecular weight is 337 g/mol. The van der Waals surface area contributed by atoms with Gasteiger partial charge in [0.1, 0.15) is 11.6 Å². The second-order valence-electron chi connectivity index (χ2n) is 5.46. The van der Waals surface area contributed by atoms with Crippen molar-refractivity contribution in [3.63, 3.8) is 0 Å². The quantitative estimate of drug-likeness (QED) is 0.534. The standard InChI is InChI=1S/C18H12FN3O3/c19-11-3-1-10(2-4-11)15-7-8-16(25-15)17(23)20-12-5-6-13-14(9-12)22-18(24)21-13/h1-9H,(H,20,23)(H2,21,22,24). The van der Waals surface area contributed by atoms with Crippen LogP contribution in [0.1, 0.15) is 10.6 Å². The second kappa shape index (κ2) is 5.79. The number of fused-ring (bicyclic) bond motifs is 1. The number of hydrogen-bond acceptors (Lipinski definition) is 3. The summed E-state index contributed by atoms with van der Waals surface area (Å²) in [5.41, 5.74) is 2.13. The second-order valence-corrected chi connectivity index (χ2v) is 5.46. The average Bonchev–Trinajstić information content (AvgIpc) is 3.21. The molecule has 0 aliphatic heterocycles. The summed E-state index contributed by atoms with van der Waals surface area (Å²) in [7, 11) is 0. The number of amides is 1. The van der Waals surface area contributed by atoms with E-state index in [1.165, 1.54) is 12.1 Å². The first-order chi connectivity index (χ1) is 12.1. The molecule has 1 amide bonds. The maximum atomic E-state index is 13.0. The van der Waals surface area contributed by atoms with Gasteiger partial charge >= 0.3 is 5.69 Å². The third-order valence-electron chi connectivity index (χ3n) is 3.73. The van der Waals surface area contributed by atoms with Crippen LogP contribution in [0.4, 0.5) is 10.1 Å². The highest BCUT2D eigenvalue weighted by Gasteiger charge is 2.13. The van der Waals surface area contributed by atoms with Crippen molar-refractivity contribution in [1.29, 1.82) is 0 Å². The highest BCUT2D eigenvalue weighted by molar-refractivity contribution is 6.03. The lowest BCUT2D eigenvalue weighted by Gasteiger charge is -2.03. The van der Waals surface area contributed by atoms with E-state index in [4.69, 9.17) is 4.42 Å². The fraction of sp³-hybridized carbons (Fsp3) is 0. The highest BCUT2D eigenvalue weighted by Crippen LogP contribution is 2.23. The molecule has 0 radical (unpaired) electrons. The topological polar surface area (TPSA) is 90.9 Å².